The molecule has 2 heterocycles. The fourth-order valence-corrected chi connectivity index (χ4v) is 3.24. The van der Waals surface area contributed by atoms with Gasteiger partial charge in [0.1, 0.15) is 11.3 Å². The molecule has 0 spiro atoms. The van der Waals surface area contributed by atoms with E-state index in [2.05, 4.69) is 4.98 Å². The molecule has 27 heavy (non-hydrogen) atoms. The monoisotopic (exact) mass is 363 g/mol. The molecular weight excluding hydrogens is 346 g/mol. The van der Waals surface area contributed by atoms with Crippen LogP contribution in [0.2, 0.25) is 0 Å². The van der Waals surface area contributed by atoms with Crippen LogP contribution in [0, 0.1) is 0 Å². The van der Waals surface area contributed by atoms with E-state index in [1.165, 1.54) is 26.6 Å². The molecule has 0 amide bonds. The molecule has 0 bridgehead atoms. The lowest BCUT2D eigenvalue weighted by Gasteiger charge is -2.12. The maximum atomic E-state index is 12.9. The van der Waals surface area contributed by atoms with Crippen molar-refractivity contribution in [3.63, 3.8) is 0 Å². The Morgan fingerprint density at radius 3 is 2.67 bits per heavy atom. The van der Waals surface area contributed by atoms with E-state index in [9.17, 15) is 9.90 Å². The summed E-state index contributed by atoms with van der Waals surface area (Å²) in [5.41, 5.74) is 2.20. The van der Waals surface area contributed by atoms with Crippen LogP contribution in [0.15, 0.2) is 53.3 Å². The minimum absolute atomic E-state index is 0.0272. The molecule has 4 aromatic rings. The fourth-order valence-electron chi connectivity index (χ4n) is 3.24. The molecule has 0 aliphatic heterocycles. The molecule has 6 heteroatoms. The number of allylic oxidation sites excluding steroid dienone is 1. The number of aromatic nitrogens is 1. The second-order valence-corrected chi connectivity index (χ2v) is 5.94. The number of carbonyl (C=O) groups excluding carboxylic acids is 1. The third kappa shape index (κ3) is 2.62. The molecule has 0 atom stereocenters. The Labute approximate surface area is 154 Å². The number of para-hydroxylation sites is 1. The minimum atomic E-state index is -0.406. The van der Waals surface area contributed by atoms with Crippen LogP contribution >= 0.6 is 0 Å². The van der Waals surface area contributed by atoms with Gasteiger partial charge >= 0.3 is 0 Å². The summed E-state index contributed by atoms with van der Waals surface area (Å²) in [4.78, 5) is 16.0. The number of hydrogen-bond acceptors (Lipinski definition) is 5. The first kappa shape index (κ1) is 16.8. The van der Waals surface area contributed by atoms with Gasteiger partial charge in [-0.1, -0.05) is 18.2 Å². The number of H-pyrrole nitrogens is 1. The number of phenols is 1. The molecule has 6 nitrogen and oxygen atoms in total. The van der Waals surface area contributed by atoms with Crippen LogP contribution in [0.25, 0.3) is 27.9 Å². The van der Waals surface area contributed by atoms with E-state index in [0.29, 0.717) is 11.0 Å². The average Bonchev–Trinajstić information content (AvgIpc) is 3.32. The van der Waals surface area contributed by atoms with Gasteiger partial charge in [0.05, 0.1) is 25.9 Å². The third-order valence-corrected chi connectivity index (χ3v) is 4.49. The number of nitrogens with one attached hydrogen (secondary N) is 1. The van der Waals surface area contributed by atoms with Crippen LogP contribution in [0.4, 0.5) is 0 Å². The van der Waals surface area contributed by atoms with Crippen molar-refractivity contribution in [3.05, 3.63) is 60.0 Å². The van der Waals surface area contributed by atoms with Crippen molar-refractivity contribution in [2.75, 3.05) is 14.2 Å². The van der Waals surface area contributed by atoms with E-state index in [1.54, 1.807) is 12.1 Å². The molecule has 0 fully saturated rings. The molecular formula is C21H17NO5. The largest absolute Gasteiger partial charge is 0.504 e. The molecule has 2 aromatic carbocycles. The van der Waals surface area contributed by atoms with Crippen LogP contribution in [0.5, 0.6) is 17.2 Å². The predicted molar refractivity (Wildman–Crippen MR) is 103 cm³/mol. The first-order valence-electron chi connectivity index (χ1n) is 8.28. The molecule has 0 saturated heterocycles. The van der Waals surface area contributed by atoms with Crippen LogP contribution in [0.1, 0.15) is 15.9 Å². The SMILES string of the molecule is COc1c(C(=O)C=Cc2c[nH]c3ccccc23)c(O)c(OC)c2occc12. The molecule has 0 aliphatic carbocycles. The molecule has 0 radical (unpaired) electrons. The molecule has 4 rings (SSSR count). The Kier molecular flexibility index (Phi) is 4.08. The Hall–Kier alpha value is -3.67. The maximum Gasteiger partial charge on any atom is 0.205 e. The first-order valence-corrected chi connectivity index (χ1v) is 8.28. The summed E-state index contributed by atoms with van der Waals surface area (Å²) in [7, 11) is 2.84. The Bertz CT molecular complexity index is 1180. The van der Waals surface area contributed by atoms with E-state index < -0.39 is 5.78 Å². The Morgan fingerprint density at radius 2 is 1.89 bits per heavy atom. The van der Waals surface area contributed by atoms with Crippen molar-refractivity contribution in [2.45, 2.75) is 0 Å². The number of rotatable bonds is 5. The number of phenolic OH excluding ortho intramolecular Hbond substituents is 1. The smallest absolute Gasteiger partial charge is 0.205 e. The van der Waals surface area contributed by atoms with Gasteiger partial charge in [-0.15, -0.1) is 0 Å². The molecule has 0 aliphatic rings. The summed E-state index contributed by atoms with van der Waals surface area (Å²) in [5.74, 6) is -0.383. The normalized spacial score (nSPS) is 11.5. The second-order valence-electron chi connectivity index (χ2n) is 5.94. The number of aromatic amines is 1. The number of ketones is 1. The van der Waals surface area contributed by atoms with E-state index in [-0.39, 0.29) is 22.8 Å². The van der Waals surface area contributed by atoms with Crippen molar-refractivity contribution in [3.8, 4) is 17.2 Å². The number of hydrogen-bond donors (Lipinski definition) is 2. The van der Waals surface area contributed by atoms with Crippen molar-refractivity contribution < 1.29 is 23.8 Å². The summed E-state index contributed by atoms with van der Waals surface area (Å²) in [6.07, 6.45) is 6.38. The summed E-state index contributed by atoms with van der Waals surface area (Å²) >= 11 is 0. The zero-order chi connectivity index (χ0) is 19.0. The zero-order valence-electron chi connectivity index (χ0n) is 14.8. The van der Waals surface area contributed by atoms with Crippen molar-refractivity contribution >= 4 is 33.7 Å². The number of carbonyl (C=O) groups is 1. The van der Waals surface area contributed by atoms with Gasteiger partial charge in [-0.3, -0.25) is 4.79 Å². The minimum Gasteiger partial charge on any atom is -0.504 e. The van der Waals surface area contributed by atoms with Gasteiger partial charge in [0.15, 0.2) is 17.1 Å². The molecule has 0 saturated carbocycles. The quantitative estimate of drug-likeness (QED) is 0.402. The predicted octanol–water partition coefficient (Wildman–Crippen LogP) is 4.53. The summed E-state index contributed by atoms with van der Waals surface area (Å²) in [6, 6.07) is 9.46. The summed E-state index contributed by atoms with van der Waals surface area (Å²) in [5, 5.41) is 12.1. The van der Waals surface area contributed by atoms with E-state index in [4.69, 9.17) is 13.9 Å². The van der Waals surface area contributed by atoms with Crippen molar-refractivity contribution in [2.24, 2.45) is 0 Å². The van der Waals surface area contributed by atoms with E-state index >= 15 is 0 Å². The molecule has 2 aromatic heterocycles. The van der Waals surface area contributed by atoms with Crippen LogP contribution in [0.3, 0.4) is 0 Å². The first-order chi connectivity index (χ1) is 13.2. The van der Waals surface area contributed by atoms with E-state index in [0.717, 1.165) is 16.5 Å². The van der Waals surface area contributed by atoms with E-state index in [1.807, 2.05) is 30.5 Å². The van der Waals surface area contributed by atoms with Gasteiger partial charge in [-0.05, 0) is 29.8 Å². The van der Waals surface area contributed by atoms with Gasteiger partial charge in [-0.25, -0.2) is 0 Å². The fraction of sp³-hybridized carbons (Fsp3) is 0.0952. The molecule has 0 unspecified atom stereocenters. The maximum absolute atomic E-state index is 12.9. The standard InChI is InChI=1S/C21H17NO5/c1-25-19-14-9-10-27-20(14)21(26-2)18(24)17(19)16(23)8-7-12-11-22-15-6-4-3-5-13(12)15/h3-11,22,24H,1-2H3. The second kappa shape index (κ2) is 6.57. The van der Waals surface area contributed by atoms with Crippen molar-refractivity contribution in [1.29, 1.82) is 0 Å². The summed E-state index contributed by atoms with van der Waals surface area (Å²) < 4.78 is 16.0. The highest BCUT2D eigenvalue weighted by Crippen LogP contribution is 2.45. The zero-order valence-corrected chi connectivity index (χ0v) is 14.8. The van der Waals surface area contributed by atoms with Gasteiger partial charge in [0.25, 0.3) is 0 Å². The molecule has 136 valence electrons. The average molecular weight is 363 g/mol. The summed E-state index contributed by atoms with van der Waals surface area (Å²) in [6.45, 7) is 0. The number of ether oxygens (including phenoxy) is 2. The lowest BCUT2D eigenvalue weighted by molar-refractivity contribution is 0.104. The Morgan fingerprint density at radius 1 is 1.11 bits per heavy atom. The number of benzene rings is 2. The lowest BCUT2D eigenvalue weighted by atomic mass is 10.0. The number of furan rings is 1. The van der Waals surface area contributed by atoms with Gasteiger partial charge < -0.3 is 24.0 Å². The van der Waals surface area contributed by atoms with Gasteiger partial charge in [0, 0.05) is 17.1 Å². The number of fused-ring (bicyclic) bond motifs is 2. The Balaban J connectivity index is 1.81. The van der Waals surface area contributed by atoms with Crippen LogP contribution < -0.4 is 9.47 Å². The molecule has 2 N–H and O–H groups in total. The van der Waals surface area contributed by atoms with Crippen LogP contribution in [-0.2, 0) is 0 Å². The topological polar surface area (TPSA) is 84.7 Å². The highest BCUT2D eigenvalue weighted by Gasteiger charge is 2.26. The van der Waals surface area contributed by atoms with Gasteiger partial charge in [-0.2, -0.15) is 0 Å². The third-order valence-electron chi connectivity index (χ3n) is 4.49. The lowest BCUT2D eigenvalue weighted by Crippen LogP contribution is -2.02. The number of methoxy groups -OCH3 is 2. The van der Waals surface area contributed by atoms with Gasteiger partial charge in [0.2, 0.25) is 5.75 Å². The van der Waals surface area contributed by atoms with Crippen LogP contribution in [-0.4, -0.2) is 30.1 Å². The highest BCUT2D eigenvalue weighted by molar-refractivity contribution is 6.15. The van der Waals surface area contributed by atoms with Crippen molar-refractivity contribution in [1.82, 2.24) is 4.98 Å². The highest BCUT2D eigenvalue weighted by atomic mass is 16.5. The number of aromatic hydroxyl groups is 1.